The lowest BCUT2D eigenvalue weighted by Gasteiger charge is -2.42. The zero-order chi connectivity index (χ0) is 12.7. The molecule has 2 fully saturated rings. The molecule has 100 valence electrons. The van der Waals surface area contributed by atoms with Crippen molar-refractivity contribution in [2.24, 2.45) is 5.73 Å². The Bertz CT molecular complexity index is 398. The number of fused-ring (bicyclic) bond motifs is 1. The number of carbonyl (C=O) groups is 1. The van der Waals surface area contributed by atoms with Gasteiger partial charge in [0.1, 0.15) is 0 Å². The second-order valence-corrected chi connectivity index (χ2v) is 5.23. The highest BCUT2D eigenvalue weighted by atomic mass is 19.1. The molecule has 3 rings (SSSR count). The third kappa shape index (κ3) is 1.84. The van der Waals surface area contributed by atoms with Crippen molar-refractivity contribution in [2.75, 3.05) is 32.7 Å². The summed E-state index contributed by atoms with van der Waals surface area (Å²) in [6.45, 7) is 3.00. The molecule has 2 atom stereocenters. The van der Waals surface area contributed by atoms with Gasteiger partial charge in [0.25, 0.3) is 0 Å². The van der Waals surface area contributed by atoms with Gasteiger partial charge in [0, 0.05) is 50.9 Å². The summed E-state index contributed by atoms with van der Waals surface area (Å²) in [5.41, 5.74) is 7.17. The zero-order valence-electron chi connectivity index (χ0n) is 10.4. The van der Waals surface area contributed by atoms with Crippen molar-refractivity contribution >= 4 is 5.91 Å². The minimum absolute atomic E-state index is 0.240. The van der Waals surface area contributed by atoms with Gasteiger partial charge in [0.15, 0.2) is 6.17 Å². The molecule has 0 bridgehead atoms. The van der Waals surface area contributed by atoms with E-state index in [0.717, 1.165) is 13.0 Å². The van der Waals surface area contributed by atoms with Crippen LogP contribution >= 0.6 is 0 Å². The average Bonchev–Trinajstić information content (AvgIpc) is 2.71. The van der Waals surface area contributed by atoms with Gasteiger partial charge < -0.3 is 20.9 Å². The van der Waals surface area contributed by atoms with Crippen LogP contribution in [0.2, 0.25) is 0 Å². The number of alkyl halides is 1. The van der Waals surface area contributed by atoms with E-state index >= 15 is 0 Å². The molecular weight excluding hydrogens is 235 g/mol. The third-order valence-electron chi connectivity index (χ3n) is 4.10. The van der Waals surface area contributed by atoms with Crippen LogP contribution in [0.4, 0.5) is 4.39 Å². The SMILES string of the molecule is NC1=C(N2CCN3C(=O)CC[C@@H]3C2)C(F)CNC1. The Balaban J connectivity index is 1.76. The van der Waals surface area contributed by atoms with E-state index in [0.29, 0.717) is 44.0 Å². The highest BCUT2D eigenvalue weighted by Gasteiger charge is 2.38. The first-order valence-electron chi connectivity index (χ1n) is 6.54. The summed E-state index contributed by atoms with van der Waals surface area (Å²) in [6.07, 6.45) is 0.494. The molecule has 3 heterocycles. The topological polar surface area (TPSA) is 61.6 Å². The number of halogens is 1. The maximum Gasteiger partial charge on any atom is 0.223 e. The molecule has 0 aromatic heterocycles. The second-order valence-electron chi connectivity index (χ2n) is 5.23. The summed E-state index contributed by atoms with van der Waals surface area (Å²) in [4.78, 5) is 15.6. The van der Waals surface area contributed by atoms with Crippen molar-refractivity contribution in [3.05, 3.63) is 11.4 Å². The van der Waals surface area contributed by atoms with Gasteiger partial charge in [-0.2, -0.15) is 0 Å². The quantitative estimate of drug-likeness (QED) is 0.656. The van der Waals surface area contributed by atoms with E-state index < -0.39 is 6.17 Å². The molecular formula is C12H19FN4O. The standard InChI is InChI=1S/C12H19FN4O/c13-9-5-15-6-10(14)12(9)16-3-4-17-8(7-16)1-2-11(17)18/h8-9,15H,1-7,14H2/t8-,9?/m1/s1. The third-order valence-corrected chi connectivity index (χ3v) is 4.10. The van der Waals surface area contributed by atoms with Gasteiger partial charge in [-0.1, -0.05) is 0 Å². The van der Waals surface area contributed by atoms with E-state index in [1.165, 1.54) is 0 Å². The minimum atomic E-state index is -1.03. The average molecular weight is 254 g/mol. The number of piperazine rings is 1. The van der Waals surface area contributed by atoms with Crippen LogP contribution < -0.4 is 11.1 Å². The Labute approximate surface area is 106 Å². The molecule has 6 heteroatoms. The van der Waals surface area contributed by atoms with E-state index in [1.807, 2.05) is 9.80 Å². The fourth-order valence-corrected chi connectivity index (χ4v) is 3.21. The van der Waals surface area contributed by atoms with Crippen molar-refractivity contribution < 1.29 is 9.18 Å². The van der Waals surface area contributed by atoms with Crippen molar-refractivity contribution in [3.8, 4) is 0 Å². The first kappa shape index (κ1) is 11.8. The highest BCUT2D eigenvalue weighted by molar-refractivity contribution is 5.79. The number of nitrogens with one attached hydrogen (secondary N) is 1. The lowest BCUT2D eigenvalue weighted by atomic mass is 10.1. The molecule has 2 saturated heterocycles. The Morgan fingerprint density at radius 1 is 1.39 bits per heavy atom. The summed E-state index contributed by atoms with van der Waals surface area (Å²) in [6, 6.07) is 0.244. The normalized spacial score (nSPS) is 33.1. The minimum Gasteiger partial charge on any atom is -0.400 e. The van der Waals surface area contributed by atoms with Crippen LogP contribution in [-0.2, 0) is 4.79 Å². The van der Waals surface area contributed by atoms with E-state index in [9.17, 15) is 9.18 Å². The Morgan fingerprint density at radius 3 is 3.00 bits per heavy atom. The second kappa shape index (κ2) is 4.42. The molecule has 0 saturated carbocycles. The summed E-state index contributed by atoms with van der Waals surface area (Å²) in [7, 11) is 0. The van der Waals surface area contributed by atoms with Crippen LogP contribution in [0.15, 0.2) is 11.4 Å². The number of rotatable bonds is 1. The van der Waals surface area contributed by atoms with E-state index in [4.69, 9.17) is 5.73 Å². The maximum atomic E-state index is 14.0. The predicted octanol–water partition coefficient (Wildman–Crippen LogP) is -0.595. The lowest BCUT2D eigenvalue weighted by molar-refractivity contribution is -0.130. The fourth-order valence-electron chi connectivity index (χ4n) is 3.21. The monoisotopic (exact) mass is 254 g/mol. The molecule has 0 radical (unpaired) electrons. The number of nitrogens with two attached hydrogens (primary N) is 1. The largest absolute Gasteiger partial charge is 0.400 e. The summed E-state index contributed by atoms with van der Waals surface area (Å²) >= 11 is 0. The first-order valence-corrected chi connectivity index (χ1v) is 6.54. The number of nitrogens with zero attached hydrogens (tertiary/aromatic N) is 2. The number of hydrogen-bond donors (Lipinski definition) is 2. The number of carbonyl (C=O) groups excluding carboxylic acids is 1. The van der Waals surface area contributed by atoms with Crippen LogP contribution in [0.1, 0.15) is 12.8 Å². The predicted molar refractivity (Wildman–Crippen MR) is 65.3 cm³/mol. The van der Waals surface area contributed by atoms with Crippen LogP contribution in [0.25, 0.3) is 0 Å². The van der Waals surface area contributed by atoms with Gasteiger partial charge in [0.05, 0.1) is 5.70 Å². The van der Waals surface area contributed by atoms with E-state index in [1.54, 1.807) is 0 Å². The molecule has 1 amide bonds. The van der Waals surface area contributed by atoms with Gasteiger partial charge in [-0.25, -0.2) is 4.39 Å². The van der Waals surface area contributed by atoms with Gasteiger partial charge >= 0.3 is 0 Å². The number of hydrogen-bond acceptors (Lipinski definition) is 4. The molecule has 0 aliphatic carbocycles. The Hall–Kier alpha value is -1.30. The van der Waals surface area contributed by atoms with E-state index in [-0.39, 0.29) is 11.9 Å². The van der Waals surface area contributed by atoms with Gasteiger partial charge in [-0.05, 0) is 6.42 Å². The molecule has 1 unspecified atom stereocenters. The van der Waals surface area contributed by atoms with Crippen LogP contribution in [-0.4, -0.2) is 60.6 Å². The molecule has 0 aromatic carbocycles. The molecule has 0 aromatic rings. The van der Waals surface area contributed by atoms with Crippen molar-refractivity contribution in [1.82, 2.24) is 15.1 Å². The van der Waals surface area contributed by atoms with Gasteiger partial charge in [-0.3, -0.25) is 4.79 Å². The van der Waals surface area contributed by atoms with Crippen molar-refractivity contribution in [2.45, 2.75) is 25.1 Å². The zero-order valence-corrected chi connectivity index (χ0v) is 10.4. The Morgan fingerprint density at radius 2 is 2.22 bits per heavy atom. The fraction of sp³-hybridized carbons (Fsp3) is 0.750. The lowest BCUT2D eigenvalue weighted by Crippen LogP contribution is -2.54. The molecule has 3 aliphatic heterocycles. The summed E-state index contributed by atoms with van der Waals surface area (Å²) in [5.74, 6) is 0.240. The van der Waals surface area contributed by atoms with Gasteiger partial charge in [-0.15, -0.1) is 0 Å². The molecule has 0 spiro atoms. The molecule has 5 nitrogen and oxygen atoms in total. The van der Waals surface area contributed by atoms with Gasteiger partial charge in [0.2, 0.25) is 5.91 Å². The van der Waals surface area contributed by atoms with Crippen LogP contribution in [0.5, 0.6) is 0 Å². The highest BCUT2D eigenvalue weighted by Crippen LogP contribution is 2.27. The van der Waals surface area contributed by atoms with Crippen LogP contribution in [0, 0.1) is 0 Å². The van der Waals surface area contributed by atoms with E-state index in [2.05, 4.69) is 5.32 Å². The maximum absolute atomic E-state index is 14.0. The Kier molecular flexibility index (Phi) is 2.89. The summed E-state index contributed by atoms with van der Waals surface area (Å²) in [5, 5.41) is 2.96. The molecule has 3 N–H and O–H groups in total. The molecule has 18 heavy (non-hydrogen) atoms. The van der Waals surface area contributed by atoms with Crippen molar-refractivity contribution in [1.29, 1.82) is 0 Å². The smallest absolute Gasteiger partial charge is 0.223 e. The summed E-state index contributed by atoms with van der Waals surface area (Å²) < 4.78 is 14.0. The molecule has 3 aliphatic rings. The first-order chi connectivity index (χ1) is 8.66. The van der Waals surface area contributed by atoms with Crippen LogP contribution in [0.3, 0.4) is 0 Å². The number of amides is 1. The van der Waals surface area contributed by atoms with Crippen molar-refractivity contribution in [3.63, 3.8) is 0 Å².